The highest BCUT2D eigenvalue weighted by Gasteiger charge is 2.22. The van der Waals surface area contributed by atoms with Crippen molar-refractivity contribution in [2.24, 2.45) is 0 Å². The summed E-state index contributed by atoms with van der Waals surface area (Å²) in [4.78, 5) is 40.3. The number of aryl methyl sites for hydroxylation is 2. The topological polar surface area (TPSA) is 105 Å². The average molecular weight is 527 g/mol. The van der Waals surface area contributed by atoms with E-state index in [0.29, 0.717) is 66.2 Å². The number of amides is 1. The molecule has 9 nitrogen and oxygen atoms in total. The molecule has 0 unspecified atom stereocenters. The number of carbonyl (C=O) groups excluding carboxylic acids is 2. The second-order valence-electron chi connectivity index (χ2n) is 9.55. The van der Waals surface area contributed by atoms with Gasteiger partial charge in [-0.15, -0.1) is 0 Å². The Morgan fingerprint density at radius 3 is 2.18 bits per heavy atom. The number of carbonyl (C=O) groups is 2. The van der Waals surface area contributed by atoms with Gasteiger partial charge >= 0.3 is 0 Å². The van der Waals surface area contributed by atoms with E-state index in [1.165, 1.54) is 6.20 Å². The summed E-state index contributed by atoms with van der Waals surface area (Å²) in [5.41, 5.74) is 2.92. The first-order chi connectivity index (χ1) is 18.9. The van der Waals surface area contributed by atoms with Crippen molar-refractivity contribution in [3.05, 3.63) is 87.2 Å². The van der Waals surface area contributed by atoms with Crippen molar-refractivity contribution in [2.45, 2.75) is 20.4 Å². The lowest BCUT2D eigenvalue weighted by Crippen LogP contribution is -2.25. The molecule has 3 heterocycles. The fourth-order valence-electron chi connectivity index (χ4n) is 4.73. The van der Waals surface area contributed by atoms with Crippen LogP contribution in [-0.2, 0) is 11.3 Å². The first-order valence-electron chi connectivity index (χ1n) is 12.7. The van der Waals surface area contributed by atoms with Crippen LogP contribution in [0.5, 0.6) is 23.0 Å². The van der Waals surface area contributed by atoms with Crippen LogP contribution in [0, 0.1) is 13.8 Å². The quantitative estimate of drug-likeness (QED) is 0.392. The monoisotopic (exact) mass is 526 g/mol. The van der Waals surface area contributed by atoms with Crippen molar-refractivity contribution in [2.75, 3.05) is 31.7 Å². The van der Waals surface area contributed by atoms with E-state index in [1.54, 1.807) is 47.0 Å². The van der Waals surface area contributed by atoms with Crippen molar-refractivity contribution in [3.63, 3.8) is 0 Å². The summed E-state index contributed by atoms with van der Waals surface area (Å²) in [7, 11) is 0. The predicted molar refractivity (Wildman–Crippen MR) is 145 cm³/mol. The number of ether oxygens (including phenoxy) is 4. The van der Waals surface area contributed by atoms with E-state index in [1.807, 2.05) is 19.9 Å². The smallest absolute Gasteiger partial charge is 0.244 e. The van der Waals surface area contributed by atoms with Crippen LogP contribution in [0.2, 0.25) is 0 Å². The largest absolute Gasteiger partial charge is 0.486 e. The molecule has 0 saturated carbocycles. The molecule has 198 valence electrons. The van der Waals surface area contributed by atoms with Gasteiger partial charge in [0.2, 0.25) is 11.3 Å². The van der Waals surface area contributed by atoms with E-state index in [-0.39, 0.29) is 23.4 Å². The number of fused-ring (bicyclic) bond motifs is 3. The van der Waals surface area contributed by atoms with E-state index < -0.39 is 11.2 Å². The molecule has 1 amide bonds. The van der Waals surface area contributed by atoms with Crippen LogP contribution >= 0.6 is 0 Å². The lowest BCUT2D eigenvalue weighted by Gasteiger charge is -2.21. The number of benzene rings is 3. The highest BCUT2D eigenvalue weighted by molar-refractivity contribution is 6.10. The van der Waals surface area contributed by atoms with Gasteiger partial charge < -0.3 is 28.8 Å². The van der Waals surface area contributed by atoms with Crippen LogP contribution in [0.3, 0.4) is 0 Å². The number of nitrogens with one attached hydrogen (secondary N) is 1. The van der Waals surface area contributed by atoms with Gasteiger partial charge in [-0.2, -0.15) is 0 Å². The van der Waals surface area contributed by atoms with Gasteiger partial charge in [-0.05, 0) is 49.2 Å². The molecule has 0 saturated heterocycles. The Bertz CT molecular complexity index is 1710. The molecule has 0 aliphatic carbocycles. The molecule has 0 spiro atoms. The fourth-order valence-corrected chi connectivity index (χ4v) is 4.73. The molecule has 1 aromatic heterocycles. The van der Waals surface area contributed by atoms with E-state index in [4.69, 9.17) is 18.9 Å². The Hall–Kier alpha value is -4.79. The number of pyridine rings is 1. The summed E-state index contributed by atoms with van der Waals surface area (Å²) < 4.78 is 24.2. The number of hydrogen-bond acceptors (Lipinski definition) is 7. The van der Waals surface area contributed by atoms with E-state index >= 15 is 0 Å². The predicted octanol–water partition coefficient (Wildman–Crippen LogP) is 4.03. The SMILES string of the molecule is Cc1ccc(C(=O)c2cn(CC(=O)Nc3ccc4c(c3)OCCO4)c3cc4c(cc3c2=O)OCCO4)cc1C. The molecule has 0 bridgehead atoms. The van der Waals surface area contributed by atoms with Gasteiger partial charge in [-0.1, -0.05) is 12.1 Å². The third kappa shape index (κ3) is 4.67. The minimum atomic E-state index is -0.436. The summed E-state index contributed by atoms with van der Waals surface area (Å²) in [6, 6.07) is 13.7. The van der Waals surface area contributed by atoms with Gasteiger partial charge in [-0.25, -0.2) is 0 Å². The minimum absolute atomic E-state index is 0.0328. The molecule has 9 heteroatoms. The molecule has 0 atom stereocenters. The maximum Gasteiger partial charge on any atom is 0.244 e. The van der Waals surface area contributed by atoms with Crippen LogP contribution in [0.4, 0.5) is 5.69 Å². The van der Waals surface area contributed by atoms with Crippen molar-refractivity contribution >= 4 is 28.3 Å². The first kappa shape index (κ1) is 24.5. The number of rotatable bonds is 5. The molecule has 4 aromatic rings. The fraction of sp³-hybridized carbons (Fsp3) is 0.233. The van der Waals surface area contributed by atoms with Gasteiger partial charge in [0.1, 0.15) is 33.0 Å². The lowest BCUT2D eigenvalue weighted by molar-refractivity contribution is -0.116. The Morgan fingerprint density at radius 2 is 1.46 bits per heavy atom. The van der Waals surface area contributed by atoms with Gasteiger partial charge in [0.15, 0.2) is 28.8 Å². The summed E-state index contributed by atoms with van der Waals surface area (Å²) in [6.07, 6.45) is 1.45. The highest BCUT2D eigenvalue weighted by atomic mass is 16.6. The molecular weight excluding hydrogens is 500 g/mol. The summed E-state index contributed by atoms with van der Waals surface area (Å²) >= 11 is 0. The zero-order chi connectivity index (χ0) is 27.1. The molecule has 6 rings (SSSR count). The van der Waals surface area contributed by atoms with E-state index in [0.717, 1.165) is 11.1 Å². The van der Waals surface area contributed by atoms with Gasteiger partial charge in [0.05, 0.1) is 16.5 Å². The molecule has 2 aliphatic heterocycles. The van der Waals surface area contributed by atoms with Crippen molar-refractivity contribution in [1.82, 2.24) is 4.57 Å². The van der Waals surface area contributed by atoms with E-state index in [9.17, 15) is 14.4 Å². The van der Waals surface area contributed by atoms with Crippen LogP contribution in [0.25, 0.3) is 10.9 Å². The molecule has 0 fully saturated rings. The lowest BCUT2D eigenvalue weighted by atomic mass is 9.98. The molecule has 2 aliphatic rings. The van der Waals surface area contributed by atoms with Crippen molar-refractivity contribution in [3.8, 4) is 23.0 Å². The number of anilines is 1. The van der Waals surface area contributed by atoms with Crippen LogP contribution in [-0.4, -0.2) is 42.7 Å². The summed E-state index contributed by atoms with van der Waals surface area (Å²) in [6.45, 7) is 5.34. The molecule has 0 radical (unpaired) electrons. The van der Waals surface area contributed by atoms with Crippen LogP contribution in [0.1, 0.15) is 27.0 Å². The minimum Gasteiger partial charge on any atom is -0.486 e. The molecule has 3 aromatic carbocycles. The van der Waals surface area contributed by atoms with Gasteiger partial charge in [0.25, 0.3) is 0 Å². The summed E-state index contributed by atoms with van der Waals surface area (Å²) in [5, 5.41) is 3.13. The zero-order valence-electron chi connectivity index (χ0n) is 21.5. The maximum absolute atomic E-state index is 13.6. The number of aromatic nitrogens is 1. The van der Waals surface area contributed by atoms with Gasteiger partial charge in [0, 0.05) is 29.6 Å². The standard InChI is InChI=1S/C30H26N2O7/c1-17-3-4-19(11-18(17)2)29(34)22-15-32(23-14-27-26(38-9-10-39-27)13-21(23)30(22)35)16-28(33)31-20-5-6-24-25(12-20)37-8-7-36-24/h3-6,11-15H,7-10,16H2,1-2H3,(H,31,33). The normalized spacial score (nSPS) is 13.7. The second kappa shape index (κ2) is 9.83. The molecular formula is C30H26N2O7. The third-order valence-corrected chi connectivity index (χ3v) is 6.90. The Labute approximate surface area is 223 Å². The van der Waals surface area contributed by atoms with E-state index in [2.05, 4.69) is 5.32 Å². The first-order valence-corrected chi connectivity index (χ1v) is 12.7. The number of ketones is 1. The zero-order valence-corrected chi connectivity index (χ0v) is 21.5. The Kier molecular flexibility index (Phi) is 6.18. The van der Waals surface area contributed by atoms with Crippen LogP contribution in [0.15, 0.2) is 59.5 Å². The highest BCUT2D eigenvalue weighted by Crippen LogP contribution is 2.35. The third-order valence-electron chi connectivity index (χ3n) is 6.90. The molecule has 39 heavy (non-hydrogen) atoms. The Morgan fingerprint density at radius 1 is 0.795 bits per heavy atom. The average Bonchev–Trinajstić information content (AvgIpc) is 2.94. The van der Waals surface area contributed by atoms with Crippen molar-refractivity contribution in [1.29, 1.82) is 0 Å². The number of hydrogen-bond donors (Lipinski definition) is 1. The Balaban J connectivity index is 1.40. The molecule has 1 N–H and O–H groups in total. The summed E-state index contributed by atoms with van der Waals surface area (Å²) in [5.74, 6) is 1.30. The van der Waals surface area contributed by atoms with Gasteiger partial charge in [-0.3, -0.25) is 14.4 Å². The second-order valence-corrected chi connectivity index (χ2v) is 9.55. The van der Waals surface area contributed by atoms with Crippen molar-refractivity contribution < 1.29 is 28.5 Å². The maximum atomic E-state index is 13.6. The van der Waals surface area contributed by atoms with Crippen LogP contribution < -0.4 is 29.7 Å². The number of nitrogens with zero attached hydrogens (tertiary/aromatic N) is 1.